The molecule has 1 aliphatic rings. The van der Waals surface area contributed by atoms with Gasteiger partial charge in [0.2, 0.25) is 0 Å². The van der Waals surface area contributed by atoms with Crippen molar-refractivity contribution >= 4 is 35.4 Å². The SMILES string of the molecule is S=c1[nH]cc[nH]1.c1ccc2c(c1)Nc1ccccc1S2. The van der Waals surface area contributed by atoms with E-state index in [1.807, 2.05) is 11.8 Å². The van der Waals surface area contributed by atoms with Crippen LogP contribution < -0.4 is 5.32 Å². The number of fused-ring (bicyclic) bond motifs is 2. The Labute approximate surface area is 126 Å². The lowest BCUT2D eigenvalue weighted by Gasteiger charge is -2.19. The summed E-state index contributed by atoms with van der Waals surface area (Å²) in [4.78, 5) is 8.11. The Hall–Kier alpha value is -1.98. The van der Waals surface area contributed by atoms with Crippen molar-refractivity contribution in [3.05, 3.63) is 65.7 Å². The van der Waals surface area contributed by atoms with Crippen molar-refractivity contribution in [3.63, 3.8) is 0 Å². The van der Waals surface area contributed by atoms with E-state index in [9.17, 15) is 0 Å². The minimum absolute atomic E-state index is 0.676. The summed E-state index contributed by atoms with van der Waals surface area (Å²) in [5, 5.41) is 3.42. The molecule has 3 aromatic rings. The summed E-state index contributed by atoms with van der Waals surface area (Å²) in [6.07, 6.45) is 3.50. The van der Waals surface area contributed by atoms with E-state index < -0.39 is 0 Å². The molecule has 3 nitrogen and oxygen atoms in total. The van der Waals surface area contributed by atoms with E-state index in [1.54, 1.807) is 12.4 Å². The summed E-state index contributed by atoms with van der Waals surface area (Å²) < 4.78 is 0.676. The summed E-state index contributed by atoms with van der Waals surface area (Å²) in [6.45, 7) is 0. The Bertz CT molecular complexity index is 657. The third kappa shape index (κ3) is 2.95. The number of H-pyrrole nitrogens is 2. The van der Waals surface area contributed by atoms with Gasteiger partial charge in [0, 0.05) is 22.2 Å². The van der Waals surface area contributed by atoms with Gasteiger partial charge in [0.05, 0.1) is 11.4 Å². The minimum Gasteiger partial charge on any atom is -0.354 e. The van der Waals surface area contributed by atoms with Crippen LogP contribution in [0.25, 0.3) is 0 Å². The lowest BCUT2D eigenvalue weighted by molar-refractivity contribution is 1.27. The molecule has 0 fully saturated rings. The second-order valence-electron chi connectivity index (χ2n) is 4.17. The molecule has 0 unspecified atom stereocenters. The molecule has 0 saturated carbocycles. The van der Waals surface area contributed by atoms with Gasteiger partial charge in [-0.15, -0.1) is 0 Å². The van der Waals surface area contributed by atoms with Gasteiger partial charge in [-0.25, -0.2) is 0 Å². The van der Waals surface area contributed by atoms with Crippen LogP contribution in [0.1, 0.15) is 0 Å². The molecule has 0 radical (unpaired) electrons. The largest absolute Gasteiger partial charge is 0.354 e. The summed E-state index contributed by atoms with van der Waals surface area (Å²) in [5.74, 6) is 0. The molecule has 0 aliphatic carbocycles. The lowest BCUT2D eigenvalue weighted by atomic mass is 10.2. The highest BCUT2D eigenvalue weighted by Gasteiger charge is 2.13. The van der Waals surface area contributed by atoms with Crippen molar-refractivity contribution in [2.24, 2.45) is 0 Å². The van der Waals surface area contributed by atoms with Crippen LogP contribution in [-0.4, -0.2) is 9.97 Å². The third-order valence-corrected chi connectivity index (χ3v) is 4.16. The number of imidazole rings is 1. The standard InChI is InChI=1S/C12H9NS.C3H4N2S/c1-3-7-11-9(5-1)13-10-6-2-4-8-12(10)14-11;6-3-4-1-2-5-3/h1-8,13H;1-2H,(H2,4,5,6). The van der Waals surface area contributed by atoms with Crippen molar-refractivity contribution in [1.29, 1.82) is 0 Å². The maximum absolute atomic E-state index is 4.63. The van der Waals surface area contributed by atoms with E-state index >= 15 is 0 Å². The molecular formula is C15H13N3S2. The normalized spacial score (nSPS) is 11.4. The first-order chi connectivity index (χ1) is 9.83. The van der Waals surface area contributed by atoms with Gasteiger partial charge in [0.15, 0.2) is 4.77 Å². The monoisotopic (exact) mass is 299 g/mol. The molecule has 5 heteroatoms. The molecule has 1 aliphatic heterocycles. The number of nitrogens with one attached hydrogen (secondary N) is 3. The van der Waals surface area contributed by atoms with Crippen molar-refractivity contribution in [2.45, 2.75) is 9.79 Å². The van der Waals surface area contributed by atoms with Gasteiger partial charge in [0.25, 0.3) is 0 Å². The summed E-state index contributed by atoms with van der Waals surface area (Å²) in [6, 6.07) is 16.8. The Morgan fingerprint density at radius 1 is 0.750 bits per heavy atom. The average Bonchev–Trinajstić information content (AvgIpc) is 2.97. The van der Waals surface area contributed by atoms with Gasteiger partial charge < -0.3 is 15.3 Å². The lowest BCUT2D eigenvalue weighted by Crippen LogP contribution is -1.98. The van der Waals surface area contributed by atoms with E-state index in [4.69, 9.17) is 0 Å². The van der Waals surface area contributed by atoms with Gasteiger partial charge in [-0.1, -0.05) is 36.0 Å². The van der Waals surface area contributed by atoms with Crippen LogP contribution in [0.3, 0.4) is 0 Å². The molecule has 0 spiro atoms. The first-order valence-corrected chi connectivity index (χ1v) is 7.40. The zero-order chi connectivity index (χ0) is 13.8. The molecule has 3 N–H and O–H groups in total. The van der Waals surface area contributed by atoms with Crippen molar-refractivity contribution in [2.75, 3.05) is 5.32 Å². The van der Waals surface area contributed by atoms with Crippen LogP contribution in [-0.2, 0) is 0 Å². The fraction of sp³-hybridized carbons (Fsp3) is 0. The summed E-state index contributed by atoms with van der Waals surface area (Å²) in [5.41, 5.74) is 2.41. The number of para-hydroxylation sites is 2. The molecule has 2 aromatic carbocycles. The fourth-order valence-corrected chi connectivity index (χ4v) is 2.98. The maximum Gasteiger partial charge on any atom is 0.174 e. The first kappa shape index (κ1) is 13.0. The molecule has 2 heterocycles. The number of hydrogen-bond acceptors (Lipinski definition) is 3. The zero-order valence-electron chi connectivity index (χ0n) is 10.6. The van der Waals surface area contributed by atoms with E-state index in [0.717, 1.165) is 0 Å². The van der Waals surface area contributed by atoms with Gasteiger partial charge in [0.1, 0.15) is 0 Å². The van der Waals surface area contributed by atoms with Crippen LogP contribution in [0.15, 0.2) is 70.7 Å². The van der Waals surface area contributed by atoms with Crippen LogP contribution in [0.4, 0.5) is 11.4 Å². The van der Waals surface area contributed by atoms with Crippen LogP contribution in [0.5, 0.6) is 0 Å². The van der Waals surface area contributed by atoms with E-state index in [-0.39, 0.29) is 0 Å². The van der Waals surface area contributed by atoms with E-state index in [1.165, 1.54) is 21.2 Å². The molecule has 100 valence electrons. The molecule has 0 saturated heterocycles. The molecular weight excluding hydrogens is 286 g/mol. The van der Waals surface area contributed by atoms with Crippen LogP contribution in [0, 0.1) is 4.77 Å². The first-order valence-electron chi connectivity index (χ1n) is 6.18. The second kappa shape index (κ2) is 5.98. The van der Waals surface area contributed by atoms with Crippen LogP contribution >= 0.6 is 24.0 Å². The average molecular weight is 299 g/mol. The molecule has 20 heavy (non-hydrogen) atoms. The quantitative estimate of drug-likeness (QED) is 0.402. The van der Waals surface area contributed by atoms with Crippen molar-refractivity contribution in [3.8, 4) is 0 Å². The third-order valence-electron chi connectivity index (χ3n) is 2.78. The van der Waals surface area contributed by atoms with E-state index in [0.29, 0.717) is 4.77 Å². The smallest absolute Gasteiger partial charge is 0.174 e. The predicted molar refractivity (Wildman–Crippen MR) is 86.3 cm³/mol. The number of aromatic nitrogens is 2. The van der Waals surface area contributed by atoms with Gasteiger partial charge in [-0.2, -0.15) is 0 Å². The Morgan fingerprint density at radius 2 is 1.25 bits per heavy atom. The number of anilines is 2. The minimum atomic E-state index is 0.676. The highest BCUT2D eigenvalue weighted by atomic mass is 32.2. The highest BCUT2D eigenvalue weighted by Crippen LogP contribution is 2.43. The molecule has 4 rings (SSSR count). The zero-order valence-corrected chi connectivity index (χ0v) is 12.2. The molecule has 1 aromatic heterocycles. The molecule has 0 bridgehead atoms. The van der Waals surface area contributed by atoms with Gasteiger partial charge >= 0.3 is 0 Å². The van der Waals surface area contributed by atoms with Crippen LogP contribution in [0.2, 0.25) is 0 Å². The van der Waals surface area contributed by atoms with Crippen molar-refractivity contribution < 1.29 is 0 Å². The number of hydrogen-bond donors (Lipinski definition) is 3. The number of benzene rings is 2. The Kier molecular flexibility index (Phi) is 3.90. The number of rotatable bonds is 0. The van der Waals surface area contributed by atoms with Crippen molar-refractivity contribution in [1.82, 2.24) is 9.97 Å². The molecule has 0 amide bonds. The number of aromatic amines is 2. The predicted octanol–water partition coefficient (Wildman–Crippen LogP) is 4.97. The molecule has 0 atom stereocenters. The summed E-state index contributed by atoms with van der Waals surface area (Å²) in [7, 11) is 0. The van der Waals surface area contributed by atoms with Gasteiger partial charge in [-0.3, -0.25) is 0 Å². The maximum atomic E-state index is 4.63. The Balaban J connectivity index is 0.000000170. The van der Waals surface area contributed by atoms with E-state index in [2.05, 4.69) is 76.0 Å². The Morgan fingerprint density at radius 3 is 1.70 bits per heavy atom. The highest BCUT2D eigenvalue weighted by molar-refractivity contribution is 7.99. The fourth-order valence-electron chi connectivity index (χ4n) is 1.86. The summed E-state index contributed by atoms with van der Waals surface area (Å²) >= 11 is 6.45. The topological polar surface area (TPSA) is 43.6 Å². The van der Waals surface area contributed by atoms with Gasteiger partial charge in [-0.05, 0) is 36.5 Å². The second-order valence-corrected chi connectivity index (χ2v) is 5.66.